The lowest BCUT2D eigenvalue weighted by atomic mass is 9.84. The third kappa shape index (κ3) is 2.75. The van der Waals surface area contributed by atoms with E-state index in [-0.39, 0.29) is 5.91 Å². The van der Waals surface area contributed by atoms with Crippen LogP contribution < -0.4 is 5.32 Å². The van der Waals surface area contributed by atoms with Crippen LogP contribution in [0.1, 0.15) is 29.6 Å². The van der Waals surface area contributed by atoms with Gasteiger partial charge in [-0.15, -0.1) is 0 Å². The van der Waals surface area contributed by atoms with Gasteiger partial charge in [-0.05, 0) is 50.9 Å². The number of anilines is 1. The number of rotatable bonds is 2. The Morgan fingerprint density at radius 1 is 1.38 bits per heavy atom. The second-order valence-corrected chi connectivity index (χ2v) is 6.14. The van der Waals surface area contributed by atoms with Crippen LogP contribution in [0.3, 0.4) is 0 Å². The maximum Gasteiger partial charge on any atom is 0.257 e. The zero-order chi connectivity index (χ0) is 14.8. The zero-order valence-corrected chi connectivity index (χ0v) is 12.9. The Bertz CT molecular complexity index is 519. The first-order valence-electron chi connectivity index (χ1n) is 7.83. The van der Waals surface area contributed by atoms with Crippen LogP contribution in [0.2, 0.25) is 0 Å². The van der Waals surface area contributed by atoms with Gasteiger partial charge in [0.2, 0.25) is 0 Å². The summed E-state index contributed by atoms with van der Waals surface area (Å²) in [6, 6.07) is 4.34. The highest BCUT2D eigenvalue weighted by atomic mass is 16.2. The molecule has 0 radical (unpaired) electrons. The van der Waals surface area contributed by atoms with Gasteiger partial charge in [0.25, 0.3) is 5.91 Å². The molecule has 21 heavy (non-hydrogen) atoms. The summed E-state index contributed by atoms with van der Waals surface area (Å²) in [5.74, 6) is 1.40. The number of likely N-dealkylation sites (tertiary alicyclic amines) is 2. The van der Waals surface area contributed by atoms with Crippen molar-refractivity contribution in [1.82, 2.24) is 14.8 Å². The van der Waals surface area contributed by atoms with Gasteiger partial charge in [0.15, 0.2) is 0 Å². The predicted molar refractivity (Wildman–Crippen MR) is 83.4 cm³/mol. The number of nitrogens with one attached hydrogen (secondary N) is 1. The van der Waals surface area contributed by atoms with E-state index in [0.29, 0.717) is 23.3 Å². The van der Waals surface area contributed by atoms with Crippen molar-refractivity contribution < 1.29 is 4.79 Å². The molecule has 5 nitrogen and oxygen atoms in total. The largest absolute Gasteiger partial charge is 0.372 e. The Hall–Kier alpha value is -1.62. The van der Waals surface area contributed by atoms with Gasteiger partial charge in [0.05, 0.1) is 5.56 Å². The van der Waals surface area contributed by atoms with Crippen LogP contribution in [0.15, 0.2) is 18.3 Å². The molecule has 2 aliphatic heterocycles. The third-order valence-corrected chi connectivity index (χ3v) is 4.91. The molecule has 114 valence electrons. The fourth-order valence-corrected chi connectivity index (χ4v) is 3.78. The Labute approximate surface area is 126 Å². The Balaban J connectivity index is 1.74. The standard InChI is InChI=1S/C16H24N4O/c1-17-15-13(6-3-8-18-15)16(21)20-10-7-14-12(11-20)5-4-9-19(14)2/h3,6,8,12,14H,4-5,7,9-11H2,1-2H3,(H,17,18). The maximum absolute atomic E-state index is 12.8. The first-order chi connectivity index (χ1) is 10.2. The van der Waals surface area contributed by atoms with Crippen LogP contribution in [0, 0.1) is 5.92 Å². The highest BCUT2D eigenvalue weighted by Crippen LogP contribution is 2.30. The first kappa shape index (κ1) is 14.3. The molecule has 2 unspecified atom stereocenters. The van der Waals surface area contributed by atoms with E-state index in [0.717, 1.165) is 19.5 Å². The number of fused-ring (bicyclic) bond motifs is 1. The molecule has 1 aromatic heterocycles. The monoisotopic (exact) mass is 288 g/mol. The number of nitrogens with zero attached hydrogens (tertiary/aromatic N) is 3. The van der Waals surface area contributed by atoms with Crippen molar-refractivity contribution in [2.24, 2.45) is 5.92 Å². The number of carbonyl (C=O) groups excluding carboxylic acids is 1. The minimum atomic E-state index is 0.110. The fraction of sp³-hybridized carbons (Fsp3) is 0.625. The van der Waals surface area contributed by atoms with Gasteiger partial charge < -0.3 is 15.1 Å². The van der Waals surface area contributed by atoms with Gasteiger partial charge in [-0.2, -0.15) is 0 Å². The van der Waals surface area contributed by atoms with Gasteiger partial charge in [0.1, 0.15) is 5.82 Å². The van der Waals surface area contributed by atoms with Crippen molar-refractivity contribution in [2.75, 3.05) is 39.0 Å². The Morgan fingerprint density at radius 2 is 2.24 bits per heavy atom. The minimum absolute atomic E-state index is 0.110. The number of hydrogen-bond donors (Lipinski definition) is 1. The summed E-state index contributed by atoms with van der Waals surface area (Å²) >= 11 is 0. The fourth-order valence-electron chi connectivity index (χ4n) is 3.78. The van der Waals surface area contributed by atoms with Crippen molar-refractivity contribution in [3.63, 3.8) is 0 Å². The first-order valence-corrected chi connectivity index (χ1v) is 7.83. The molecule has 1 aromatic rings. The van der Waals surface area contributed by atoms with E-state index in [2.05, 4.69) is 22.2 Å². The van der Waals surface area contributed by atoms with Crippen molar-refractivity contribution in [3.8, 4) is 0 Å². The number of piperidine rings is 2. The van der Waals surface area contributed by atoms with E-state index in [1.165, 1.54) is 19.4 Å². The van der Waals surface area contributed by atoms with Crippen molar-refractivity contribution >= 4 is 11.7 Å². The van der Waals surface area contributed by atoms with E-state index in [9.17, 15) is 4.79 Å². The lowest BCUT2D eigenvalue weighted by Crippen LogP contribution is -2.53. The summed E-state index contributed by atoms with van der Waals surface area (Å²) < 4.78 is 0. The number of aromatic nitrogens is 1. The van der Waals surface area contributed by atoms with Gasteiger partial charge in [0, 0.05) is 32.4 Å². The quantitative estimate of drug-likeness (QED) is 0.899. The third-order valence-electron chi connectivity index (χ3n) is 4.91. The molecule has 0 aliphatic carbocycles. The highest BCUT2D eigenvalue weighted by molar-refractivity contribution is 5.98. The number of amides is 1. The van der Waals surface area contributed by atoms with Crippen LogP contribution in [0.5, 0.6) is 0 Å². The number of carbonyl (C=O) groups is 1. The van der Waals surface area contributed by atoms with E-state index in [1.54, 1.807) is 13.2 Å². The molecule has 2 saturated heterocycles. The van der Waals surface area contributed by atoms with E-state index in [4.69, 9.17) is 0 Å². The number of pyridine rings is 1. The zero-order valence-electron chi connectivity index (χ0n) is 12.9. The van der Waals surface area contributed by atoms with Crippen LogP contribution in [0.25, 0.3) is 0 Å². The van der Waals surface area contributed by atoms with Gasteiger partial charge in [-0.3, -0.25) is 4.79 Å². The lowest BCUT2D eigenvalue weighted by Gasteiger charge is -2.46. The second-order valence-electron chi connectivity index (χ2n) is 6.14. The summed E-state index contributed by atoms with van der Waals surface area (Å²) in [6.45, 7) is 2.93. The molecule has 0 saturated carbocycles. The topological polar surface area (TPSA) is 48.5 Å². The molecular weight excluding hydrogens is 264 g/mol. The van der Waals surface area contributed by atoms with Crippen LogP contribution in [-0.2, 0) is 0 Å². The Kier molecular flexibility index (Phi) is 4.10. The van der Waals surface area contributed by atoms with Crippen molar-refractivity contribution in [3.05, 3.63) is 23.9 Å². The summed E-state index contributed by atoms with van der Waals surface area (Å²) in [5.41, 5.74) is 0.683. The lowest BCUT2D eigenvalue weighted by molar-refractivity contribution is 0.0317. The summed E-state index contributed by atoms with van der Waals surface area (Å²) in [7, 11) is 4.02. The smallest absolute Gasteiger partial charge is 0.257 e. The Morgan fingerprint density at radius 3 is 3.05 bits per heavy atom. The van der Waals surface area contributed by atoms with Crippen molar-refractivity contribution in [2.45, 2.75) is 25.3 Å². The molecule has 2 aliphatic rings. The van der Waals surface area contributed by atoms with Crippen molar-refractivity contribution in [1.29, 1.82) is 0 Å². The van der Waals surface area contributed by atoms with Crippen LogP contribution in [-0.4, -0.2) is 60.5 Å². The van der Waals surface area contributed by atoms with E-state index in [1.807, 2.05) is 17.0 Å². The molecule has 2 atom stereocenters. The number of hydrogen-bond acceptors (Lipinski definition) is 4. The SMILES string of the molecule is CNc1ncccc1C(=O)N1CCC2C(CCCN2C)C1. The average molecular weight is 288 g/mol. The summed E-state index contributed by atoms with van der Waals surface area (Å²) in [4.78, 5) is 21.5. The van der Waals surface area contributed by atoms with Gasteiger partial charge in [-0.25, -0.2) is 4.98 Å². The molecule has 3 heterocycles. The van der Waals surface area contributed by atoms with Gasteiger partial charge in [-0.1, -0.05) is 0 Å². The maximum atomic E-state index is 12.8. The molecule has 1 amide bonds. The normalized spacial score (nSPS) is 26.3. The predicted octanol–water partition coefficient (Wildman–Crippen LogP) is 1.68. The molecule has 2 fully saturated rings. The van der Waals surface area contributed by atoms with E-state index < -0.39 is 0 Å². The molecule has 0 spiro atoms. The molecule has 3 rings (SSSR count). The highest BCUT2D eigenvalue weighted by Gasteiger charge is 2.36. The second kappa shape index (κ2) is 6.02. The van der Waals surface area contributed by atoms with Gasteiger partial charge >= 0.3 is 0 Å². The summed E-state index contributed by atoms with van der Waals surface area (Å²) in [5, 5.41) is 3.01. The molecule has 0 bridgehead atoms. The minimum Gasteiger partial charge on any atom is -0.372 e. The van der Waals surface area contributed by atoms with Crippen LogP contribution in [0.4, 0.5) is 5.82 Å². The molecule has 1 N–H and O–H groups in total. The summed E-state index contributed by atoms with van der Waals surface area (Å²) in [6.07, 6.45) is 5.28. The van der Waals surface area contributed by atoms with E-state index >= 15 is 0 Å². The molecule has 0 aromatic carbocycles. The van der Waals surface area contributed by atoms with Crippen LogP contribution >= 0.6 is 0 Å². The molecule has 5 heteroatoms. The average Bonchev–Trinajstić information content (AvgIpc) is 2.54. The molecular formula is C16H24N4O.